The molecule has 0 aliphatic heterocycles. The average Bonchev–Trinajstić information content (AvgIpc) is 2.40. The summed E-state index contributed by atoms with van der Waals surface area (Å²) in [5.74, 6) is -1.55. The minimum Gasteiger partial charge on any atom is -0.468 e. The maximum atomic E-state index is 11.5. The number of rotatable bonds is 3. The number of benzene rings is 1. The Kier molecular flexibility index (Phi) is 5.40. The van der Waals surface area contributed by atoms with Crippen molar-refractivity contribution in [2.75, 3.05) is 13.4 Å². The van der Waals surface area contributed by atoms with E-state index in [4.69, 9.17) is 5.26 Å². The van der Waals surface area contributed by atoms with Gasteiger partial charge in [0.1, 0.15) is 5.04 Å². The molecule has 0 aliphatic rings. The van der Waals surface area contributed by atoms with Gasteiger partial charge in [-0.2, -0.15) is 5.26 Å². The predicted molar refractivity (Wildman–Crippen MR) is 72.9 cm³/mol. The third-order valence-electron chi connectivity index (χ3n) is 2.37. The second-order valence-electron chi connectivity index (χ2n) is 3.53. The van der Waals surface area contributed by atoms with E-state index in [9.17, 15) is 4.79 Å². The summed E-state index contributed by atoms with van der Waals surface area (Å²) in [6.45, 7) is 1.93. The summed E-state index contributed by atoms with van der Waals surface area (Å²) in [5, 5.41) is 9.47. The van der Waals surface area contributed by atoms with E-state index in [-0.39, 0.29) is 0 Å². The molecule has 0 aromatic heterocycles. The summed E-state index contributed by atoms with van der Waals surface area (Å²) in [5.41, 5.74) is 1.75. The molecular formula is C13H14N2O2S. The van der Waals surface area contributed by atoms with E-state index >= 15 is 0 Å². The number of hydrogen-bond donors (Lipinski definition) is 0. The zero-order valence-corrected chi connectivity index (χ0v) is 11.3. The molecule has 0 spiro atoms. The molecule has 0 amide bonds. The van der Waals surface area contributed by atoms with Crippen LogP contribution in [-0.4, -0.2) is 24.4 Å². The fraction of sp³-hybridized carbons (Fsp3) is 0.308. The Bertz CT molecular complexity index is 506. The summed E-state index contributed by atoms with van der Waals surface area (Å²) in [6, 6.07) is 9.47. The van der Waals surface area contributed by atoms with Crippen LogP contribution < -0.4 is 0 Å². The molecule has 0 saturated carbocycles. The van der Waals surface area contributed by atoms with Gasteiger partial charge < -0.3 is 4.74 Å². The molecule has 4 nitrogen and oxygen atoms in total. The third-order valence-corrected chi connectivity index (χ3v) is 3.11. The van der Waals surface area contributed by atoms with Gasteiger partial charge in [0.2, 0.25) is 0 Å². The summed E-state index contributed by atoms with van der Waals surface area (Å²) >= 11 is 1.28. The van der Waals surface area contributed by atoms with Crippen LogP contribution in [0.3, 0.4) is 0 Å². The lowest BCUT2D eigenvalue weighted by Crippen LogP contribution is -2.21. The number of esters is 1. The van der Waals surface area contributed by atoms with Crippen molar-refractivity contribution in [1.82, 2.24) is 0 Å². The third kappa shape index (κ3) is 3.34. The van der Waals surface area contributed by atoms with Crippen molar-refractivity contribution in [3.05, 3.63) is 29.8 Å². The van der Waals surface area contributed by atoms with Crippen LogP contribution in [0.1, 0.15) is 5.56 Å². The van der Waals surface area contributed by atoms with Crippen LogP contribution in [0.2, 0.25) is 0 Å². The first kappa shape index (κ1) is 14.3. The Labute approximate surface area is 111 Å². The van der Waals surface area contributed by atoms with Crippen molar-refractivity contribution in [2.45, 2.75) is 6.92 Å². The second-order valence-corrected chi connectivity index (χ2v) is 4.35. The van der Waals surface area contributed by atoms with Crippen LogP contribution in [0.5, 0.6) is 0 Å². The molecule has 0 saturated heterocycles. The van der Waals surface area contributed by atoms with Crippen LogP contribution in [0.15, 0.2) is 29.3 Å². The van der Waals surface area contributed by atoms with E-state index in [1.807, 2.05) is 37.3 Å². The normalized spacial score (nSPS) is 12.7. The summed E-state index contributed by atoms with van der Waals surface area (Å²) in [6.07, 6.45) is 1.78. The lowest BCUT2D eigenvalue weighted by Gasteiger charge is -2.09. The molecule has 0 N–H and O–H groups in total. The van der Waals surface area contributed by atoms with Gasteiger partial charge in [0.15, 0.2) is 5.92 Å². The molecule has 1 atom stereocenters. The van der Waals surface area contributed by atoms with Gasteiger partial charge in [0.05, 0.1) is 18.9 Å². The van der Waals surface area contributed by atoms with Crippen LogP contribution in [0.4, 0.5) is 5.69 Å². The smallest absolute Gasteiger partial charge is 0.329 e. The minimum absolute atomic E-state index is 0.443. The number of carbonyl (C=O) groups is 1. The molecule has 94 valence electrons. The number of hydrogen-bond acceptors (Lipinski definition) is 5. The van der Waals surface area contributed by atoms with Crippen molar-refractivity contribution < 1.29 is 9.53 Å². The minimum atomic E-state index is -0.968. The highest BCUT2D eigenvalue weighted by molar-refractivity contribution is 8.13. The van der Waals surface area contributed by atoms with Gasteiger partial charge in [-0.15, -0.1) is 11.8 Å². The van der Waals surface area contributed by atoms with Crippen LogP contribution >= 0.6 is 11.8 Å². The Morgan fingerprint density at radius 3 is 2.67 bits per heavy atom. The van der Waals surface area contributed by atoms with Gasteiger partial charge in [0, 0.05) is 0 Å². The van der Waals surface area contributed by atoms with Gasteiger partial charge in [-0.25, -0.2) is 4.99 Å². The molecule has 1 aromatic rings. The average molecular weight is 262 g/mol. The van der Waals surface area contributed by atoms with Crippen molar-refractivity contribution in [3.63, 3.8) is 0 Å². The quantitative estimate of drug-likeness (QED) is 0.477. The highest BCUT2D eigenvalue weighted by Crippen LogP contribution is 2.22. The van der Waals surface area contributed by atoms with Crippen molar-refractivity contribution in [3.8, 4) is 6.07 Å². The molecule has 0 bridgehead atoms. The highest BCUT2D eigenvalue weighted by Gasteiger charge is 2.24. The number of para-hydroxylation sites is 1. The molecule has 18 heavy (non-hydrogen) atoms. The van der Waals surface area contributed by atoms with Crippen molar-refractivity contribution in [2.24, 2.45) is 10.9 Å². The number of carbonyl (C=O) groups excluding carboxylic acids is 1. The molecule has 1 unspecified atom stereocenters. The van der Waals surface area contributed by atoms with Crippen LogP contribution in [0.25, 0.3) is 0 Å². The van der Waals surface area contributed by atoms with E-state index in [2.05, 4.69) is 9.73 Å². The predicted octanol–water partition coefficient (Wildman–Crippen LogP) is 2.70. The molecule has 0 heterocycles. The molecule has 1 aromatic carbocycles. The Hall–Kier alpha value is -1.80. The first-order valence-corrected chi connectivity index (χ1v) is 6.52. The maximum absolute atomic E-state index is 11.5. The van der Waals surface area contributed by atoms with Gasteiger partial charge in [0.25, 0.3) is 0 Å². The summed E-state index contributed by atoms with van der Waals surface area (Å²) < 4.78 is 4.60. The molecule has 0 radical (unpaired) electrons. The summed E-state index contributed by atoms with van der Waals surface area (Å²) in [7, 11) is 1.26. The largest absolute Gasteiger partial charge is 0.468 e. The number of nitrogens with zero attached hydrogens (tertiary/aromatic N) is 2. The SMILES string of the molecule is COC(=O)C(C#N)C(=Nc1ccccc1C)SC. The maximum Gasteiger partial charge on any atom is 0.329 e. The molecule has 0 aliphatic carbocycles. The van der Waals surface area contributed by atoms with Crippen molar-refractivity contribution in [1.29, 1.82) is 5.26 Å². The second kappa shape index (κ2) is 6.82. The van der Waals surface area contributed by atoms with Gasteiger partial charge in [-0.3, -0.25) is 4.79 Å². The van der Waals surface area contributed by atoms with Gasteiger partial charge in [-0.05, 0) is 24.8 Å². The Morgan fingerprint density at radius 1 is 1.50 bits per heavy atom. The lowest BCUT2D eigenvalue weighted by molar-refractivity contribution is -0.141. The fourth-order valence-electron chi connectivity index (χ4n) is 1.36. The van der Waals surface area contributed by atoms with Gasteiger partial charge in [-0.1, -0.05) is 18.2 Å². The number of ether oxygens (including phenoxy) is 1. The highest BCUT2D eigenvalue weighted by atomic mass is 32.2. The first-order valence-electron chi connectivity index (χ1n) is 5.29. The molecule has 0 fully saturated rings. The van der Waals surface area contributed by atoms with Crippen molar-refractivity contribution >= 4 is 28.5 Å². The Morgan fingerprint density at radius 2 is 2.17 bits per heavy atom. The fourth-order valence-corrected chi connectivity index (χ4v) is 1.94. The Balaban J connectivity index is 3.14. The van der Waals surface area contributed by atoms with E-state index in [1.54, 1.807) is 6.26 Å². The van der Waals surface area contributed by atoms with E-state index in [0.717, 1.165) is 11.3 Å². The van der Waals surface area contributed by atoms with E-state index < -0.39 is 11.9 Å². The monoisotopic (exact) mass is 262 g/mol. The van der Waals surface area contributed by atoms with E-state index in [1.165, 1.54) is 18.9 Å². The van der Waals surface area contributed by atoms with Gasteiger partial charge >= 0.3 is 5.97 Å². The topological polar surface area (TPSA) is 62.5 Å². The number of aryl methyl sites for hydroxylation is 1. The molecule has 1 rings (SSSR count). The lowest BCUT2D eigenvalue weighted by atomic mass is 10.2. The number of nitriles is 1. The number of aliphatic imine (C=N–C) groups is 1. The summed E-state index contributed by atoms with van der Waals surface area (Å²) in [4.78, 5) is 15.9. The van der Waals surface area contributed by atoms with Crippen LogP contribution in [-0.2, 0) is 9.53 Å². The zero-order valence-electron chi connectivity index (χ0n) is 10.5. The first-order chi connectivity index (χ1) is 8.63. The standard InChI is InChI=1S/C13H14N2O2S/c1-9-6-4-5-7-11(9)15-12(18-3)10(8-14)13(16)17-2/h4-7,10H,1-3H3. The molecule has 5 heteroatoms. The number of thioether (sulfide) groups is 1. The van der Waals surface area contributed by atoms with E-state index in [0.29, 0.717) is 5.04 Å². The molecular weight excluding hydrogens is 248 g/mol. The number of methoxy groups -OCH3 is 1. The zero-order chi connectivity index (χ0) is 13.5. The van der Waals surface area contributed by atoms with Crippen LogP contribution in [0, 0.1) is 24.2 Å².